The molecule has 0 spiro atoms. The van der Waals surface area contributed by atoms with Gasteiger partial charge in [0.15, 0.2) is 5.78 Å². The van der Waals surface area contributed by atoms with Crippen LogP contribution in [-0.4, -0.2) is 48.9 Å². The maximum absolute atomic E-state index is 13.4. The molecule has 2 heterocycles. The highest BCUT2D eigenvalue weighted by atomic mass is 19.3. The Morgan fingerprint density at radius 3 is 2.42 bits per heavy atom. The summed E-state index contributed by atoms with van der Waals surface area (Å²) in [5, 5.41) is 6.49. The SMILES string of the molecule is [B]C([B])([B])n1cc(-c2ccc3c(C(=O)C(C)C)nn(C(F)F)c3c2)cn1. The maximum Gasteiger partial charge on any atom is 0.333 e. The van der Waals surface area contributed by atoms with Crippen molar-refractivity contribution in [2.24, 2.45) is 5.92 Å². The van der Waals surface area contributed by atoms with Crippen LogP contribution in [0.2, 0.25) is 0 Å². The smallest absolute Gasteiger partial charge is 0.292 e. The molecule has 10 heteroatoms. The fourth-order valence-electron chi connectivity index (χ4n) is 2.60. The minimum Gasteiger partial charge on any atom is -0.292 e. The van der Waals surface area contributed by atoms with Crippen molar-refractivity contribution in [3.8, 4) is 11.1 Å². The number of rotatable bonds is 5. The first kappa shape index (κ1) is 18.4. The van der Waals surface area contributed by atoms with Crippen molar-refractivity contribution in [3.05, 3.63) is 36.3 Å². The van der Waals surface area contributed by atoms with Gasteiger partial charge >= 0.3 is 6.55 Å². The molecule has 0 aliphatic rings. The van der Waals surface area contributed by atoms with Crippen LogP contribution >= 0.6 is 0 Å². The van der Waals surface area contributed by atoms with Gasteiger partial charge in [-0.15, -0.1) is 0 Å². The number of hydrogen-bond donors (Lipinski definition) is 0. The first-order valence-corrected chi connectivity index (χ1v) is 7.86. The van der Waals surface area contributed by atoms with E-state index in [9.17, 15) is 13.6 Å². The Kier molecular flexibility index (Phi) is 4.54. The molecule has 0 N–H and O–H groups in total. The molecule has 0 atom stereocenters. The van der Waals surface area contributed by atoms with Crippen molar-refractivity contribution >= 4 is 40.2 Å². The second-order valence-corrected chi connectivity index (χ2v) is 6.38. The van der Waals surface area contributed by atoms with Crippen LogP contribution in [0.25, 0.3) is 22.0 Å². The molecule has 3 aromatic rings. The number of benzene rings is 1. The zero-order valence-electron chi connectivity index (χ0n) is 14.2. The fourth-order valence-corrected chi connectivity index (χ4v) is 2.60. The summed E-state index contributed by atoms with van der Waals surface area (Å²) < 4.78 is 28.5. The fraction of sp³-hybridized carbons (Fsp3) is 0.312. The summed E-state index contributed by atoms with van der Waals surface area (Å²) in [5.74, 6) is -0.655. The average Bonchev–Trinajstić information content (AvgIpc) is 3.18. The van der Waals surface area contributed by atoms with Crippen LogP contribution in [0.5, 0.6) is 0 Å². The lowest BCUT2D eigenvalue weighted by Gasteiger charge is -2.20. The molecule has 5 nitrogen and oxygen atoms in total. The summed E-state index contributed by atoms with van der Waals surface area (Å²) in [6, 6.07) is 4.78. The Morgan fingerprint density at radius 1 is 1.19 bits per heavy atom. The Hall–Kier alpha value is -2.38. The van der Waals surface area contributed by atoms with Gasteiger partial charge in [0.2, 0.25) is 0 Å². The molecule has 0 saturated carbocycles. The van der Waals surface area contributed by atoms with E-state index in [-0.39, 0.29) is 22.9 Å². The van der Waals surface area contributed by atoms with E-state index in [1.807, 2.05) is 0 Å². The number of Topliss-reactive ketones (excluding diaryl/α,β-unsaturated/α-hetero) is 1. The van der Waals surface area contributed by atoms with E-state index < -0.39 is 11.8 Å². The van der Waals surface area contributed by atoms with Crippen LogP contribution < -0.4 is 0 Å². The number of ketones is 1. The van der Waals surface area contributed by atoms with Gasteiger partial charge in [0, 0.05) is 23.1 Å². The van der Waals surface area contributed by atoms with Crippen molar-refractivity contribution in [2.75, 3.05) is 0 Å². The molecule has 1 aromatic carbocycles. The molecular formula is C16H13B3F2N4O. The highest BCUT2D eigenvalue weighted by Gasteiger charge is 2.23. The van der Waals surface area contributed by atoms with E-state index in [4.69, 9.17) is 23.5 Å². The highest BCUT2D eigenvalue weighted by molar-refractivity contribution is 6.56. The number of fused-ring (bicyclic) bond motifs is 1. The molecule has 0 bridgehead atoms. The molecule has 0 amide bonds. The normalized spacial score (nSPS) is 12.4. The zero-order chi connectivity index (χ0) is 19.2. The Morgan fingerprint density at radius 2 is 1.88 bits per heavy atom. The third kappa shape index (κ3) is 3.20. The molecule has 0 unspecified atom stereocenters. The highest BCUT2D eigenvalue weighted by Crippen LogP contribution is 2.30. The molecule has 0 aliphatic heterocycles. The molecule has 0 aliphatic carbocycles. The molecule has 26 heavy (non-hydrogen) atoms. The topological polar surface area (TPSA) is 52.7 Å². The van der Waals surface area contributed by atoms with E-state index in [1.165, 1.54) is 18.5 Å². The van der Waals surface area contributed by atoms with Crippen LogP contribution in [0, 0.1) is 5.92 Å². The second-order valence-electron chi connectivity index (χ2n) is 6.38. The van der Waals surface area contributed by atoms with E-state index >= 15 is 0 Å². The Labute approximate surface area is 153 Å². The van der Waals surface area contributed by atoms with E-state index in [1.54, 1.807) is 26.0 Å². The predicted molar refractivity (Wildman–Crippen MR) is 96.6 cm³/mol. The van der Waals surface area contributed by atoms with Crippen LogP contribution in [0.15, 0.2) is 30.6 Å². The second kappa shape index (κ2) is 6.41. The number of alkyl halides is 2. The van der Waals surface area contributed by atoms with Crippen molar-refractivity contribution < 1.29 is 13.6 Å². The van der Waals surface area contributed by atoms with Gasteiger partial charge in [-0.05, 0) is 22.9 Å². The lowest BCUT2D eigenvalue weighted by molar-refractivity contribution is 0.0607. The molecule has 2 aromatic heterocycles. The van der Waals surface area contributed by atoms with Gasteiger partial charge in [0.05, 0.1) is 35.3 Å². The largest absolute Gasteiger partial charge is 0.333 e. The molecule has 3 rings (SSSR count). The quantitative estimate of drug-likeness (QED) is 0.525. The van der Waals surface area contributed by atoms with Gasteiger partial charge in [0.25, 0.3) is 0 Å². The summed E-state index contributed by atoms with van der Waals surface area (Å²) in [6.45, 7) is 0.502. The van der Waals surface area contributed by atoms with Crippen LogP contribution in [-0.2, 0) is 5.24 Å². The van der Waals surface area contributed by atoms with Crippen molar-refractivity contribution in [3.63, 3.8) is 0 Å². The summed E-state index contributed by atoms with van der Waals surface area (Å²) in [7, 11) is 16.7. The summed E-state index contributed by atoms with van der Waals surface area (Å²) in [5.41, 5.74) is 1.34. The van der Waals surface area contributed by atoms with Gasteiger partial charge in [-0.3, -0.25) is 9.48 Å². The number of nitrogens with zero attached hydrogens (tertiary/aromatic N) is 4. The summed E-state index contributed by atoms with van der Waals surface area (Å²) in [4.78, 5) is 12.3. The number of halogens is 2. The van der Waals surface area contributed by atoms with Crippen LogP contribution in [0.4, 0.5) is 8.78 Å². The van der Waals surface area contributed by atoms with Crippen LogP contribution in [0.1, 0.15) is 30.9 Å². The minimum absolute atomic E-state index is 0.0300. The van der Waals surface area contributed by atoms with Crippen molar-refractivity contribution in [1.29, 1.82) is 0 Å². The first-order chi connectivity index (χ1) is 12.1. The average molecular weight is 348 g/mol. The van der Waals surface area contributed by atoms with Crippen LogP contribution in [0.3, 0.4) is 0 Å². The van der Waals surface area contributed by atoms with Gasteiger partial charge in [-0.25, -0.2) is 4.68 Å². The van der Waals surface area contributed by atoms with Gasteiger partial charge in [-0.2, -0.15) is 19.0 Å². The first-order valence-electron chi connectivity index (χ1n) is 7.86. The monoisotopic (exact) mass is 348 g/mol. The Bertz CT molecular complexity index is 976. The molecule has 0 fully saturated rings. The number of carbonyl (C=O) groups is 1. The van der Waals surface area contributed by atoms with Crippen molar-refractivity contribution in [1.82, 2.24) is 19.6 Å². The van der Waals surface area contributed by atoms with Crippen molar-refractivity contribution in [2.45, 2.75) is 25.6 Å². The Balaban J connectivity index is 2.15. The van der Waals surface area contributed by atoms with Gasteiger partial charge in [-0.1, -0.05) is 19.9 Å². The lowest BCUT2D eigenvalue weighted by Crippen LogP contribution is -2.35. The predicted octanol–water partition coefficient (Wildman–Crippen LogP) is 2.21. The maximum atomic E-state index is 13.4. The van der Waals surface area contributed by atoms with Gasteiger partial charge < -0.3 is 0 Å². The third-order valence-corrected chi connectivity index (χ3v) is 3.96. The molecule has 126 valence electrons. The molecule has 0 saturated heterocycles. The molecular weight excluding hydrogens is 335 g/mol. The lowest BCUT2D eigenvalue weighted by atomic mass is 9.49. The number of aromatic nitrogens is 4. The van der Waals surface area contributed by atoms with E-state index in [0.29, 0.717) is 21.2 Å². The van der Waals surface area contributed by atoms with E-state index in [2.05, 4.69) is 10.2 Å². The summed E-state index contributed by atoms with van der Waals surface area (Å²) in [6.07, 6.45) is 2.97. The third-order valence-electron chi connectivity index (χ3n) is 3.96. The zero-order valence-corrected chi connectivity index (χ0v) is 14.2. The van der Waals surface area contributed by atoms with Gasteiger partial charge in [0.1, 0.15) is 5.69 Å². The molecule has 6 radical (unpaired) electrons. The number of carbonyl (C=O) groups excluding carboxylic acids is 1. The van der Waals surface area contributed by atoms with E-state index in [0.717, 1.165) is 4.68 Å². The number of hydrogen-bond acceptors (Lipinski definition) is 3. The standard InChI is InChI=1S/C16H13B3F2N4O/c1-8(2)14(26)13-11-4-3-9(5-12(11)25(23-13)15(20)21)10-6-22-24(7-10)16(17,18)19/h3-8,15H,1-2H3. The minimum atomic E-state index is -2.88. The summed E-state index contributed by atoms with van der Waals surface area (Å²) >= 11 is 0.